The summed E-state index contributed by atoms with van der Waals surface area (Å²) < 4.78 is 14.3. The third kappa shape index (κ3) is 9.76. The van der Waals surface area contributed by atoms with E-state index in [2.05, 4.69) is 335 Å². The Hall–Kier alpha value is -10.7. The Morgan fingerprint density at radius 3 is 0.966 bits per heavy atom. The van der Waals surface area contributed by atoms with Crippen molar-refractivity contribution in [1.82, 2.24) is 0 Å². The summed E-state index contributed by atoms with van der Waals surface area (Å²) >= 11 is 5.59. The molecule has 0 N–H and O–H groups in total. The fourth-order valence-electron chi connectivity index (χ4n) is 12.2. The first-order valence-electron chi connectivity index (χ1n) is 29.5. The zero-order valence-corrected chi connectivity index (χ0v) is 50.0. The quantitative estimate of drug-likeness (QED) is 0.121. The number of thiophene rings is 3. The van der Waals surface area contributed by atoms with E-state index in [1.54, 1.807) is 11.3 Å². The number of furan rings is 1. The van der Waals surface area contributed by atoms with Gasteiger partial charge in [-0.3, -0.25) is 0 Å². The Kier molecular flexibility index (Phi) is 13.8. The summed E-state index contributed by atoms with van der Waals surface area (Å²) in [4.78, 5) is 9.29. The average molecular weight is 1180 g/mol. The van der Waals surface area contributed by atoms with E-state index >= 15 is 0 Å². The number of benzene rings is 13. The summed E-state index contributed by atoms with van der Waals surface area (Å²) in [6.07, 6.45) is 0. The predicted molar refractivity (Wildman–Crippen MR) is 380 cm³/mol. The van der Waals surface area contributed by atoms with Gasteiger partial charge in [0, 0.05) is 110 Å². The van der Waals surface area contributed by atoms with E-state index in [4.69, 9.17) is 4.42 Å². The first-order chi connectivity index (χ1) is 43.6. The molecule has 0 aliphatic carbocycles. The van der Waals surface area contributed by atoms with Crippen LogP contribution in [0.1, 0.15) is 0 Å². The molecule has 0 saturated carbocycles. The molecule has 0 saturated heterocycles. The van der Waals surface area contributed by atoms with Gasteiger partial charge in [-0.05, 0) is 151 Å². The molecule has 4 aromatic heterocycles. The van der Waals surface area contributed by atoms with Crippen LogP contribution in [0, 0.1) is 0 Å². The normalized spacial score (nSPS) is 11.4. The maximum atomic E-state index is 6.61. The summed E-state index contributed by atoms with van der Waals surface area (Å²) in [6, 6.07) is 116. The van der Waals surface area contributed by atoms with Gasteiger partial charge in [0.25, 0.3) is 0 Å². The van der Waals surface area contributed by atoms with E-state index in [1.807, 2.05) is 34.8 Å². The van der Waals surface area contributed by atoms with Crippen LogP contribution in [-0.2, 0) is 0 Å². The Labute approximate surface area is 521 Å². The second-order valence-corrected chi connectivity index (χ2v) is 24.8. The Morgan fingerprint density at radius 1 is 0.216 bits per heavy atom. The van der Waals surface area contributed by atoms with Gasteiger partial charge in [0.2, 0.25) is 0 Å². The molecule has 0 amide bonds. The van der Waals surface area contributed by atoms with Gasteiger partial charge < -0.3 is 24.0 Å². The molecule has 0 aliphatic rings. The molecule has 0 fully saturated rings. The molecule has 0 radical (unpaired) electrons. The zero-order valence-electron chi connectivity index (χ0n) is 47.6. The maximum absolute atomic E-state index is 6.61. The predicted octanol–water partition coefficient (Wildman–Crippen LogP) is 25.1. The Bertz CT molecular complexity index is 5000. The van der Waals surface area contributed by atoms with Crippen LogP contribution in [0.3, 0.4) is 0 Å². The van der Waals surface area contributed by atoms with E-state index < -0.39 is 0 Å². The highest BCUT2D eigenvalue weighted by atomic mass is 32.1. The van der Waals surface area contributed by atoms with Crippen LogP contribution < -0.4 is 19.6 Å². The first kappa shape index (κ1) is 52.8. The van der Waals surface area contributed by atoms with Gasteiger partial charge in [-0.1, -0.05) is 176 Å². The van der Waals surface area contributed by atoms with Crippen molar-refractivity contribution in [3.63, 3.8) is 0 Å². The fourth-order valence-corrected chi connectivity index (χ4v) is 16.1. The molecule has 0 atom stereocenters. The van der Waals surface area contributed by atoms with Crippen LogP contribution in [0.2, 0.25) is 0 Å². The standard InChI is InChI=1S/C42H28N2S2.C38H26N2OS/c1-4-15-30(16-5-1)43(31-17-6-2-7-18-31)33-23-25-36-39(27-33)45-42-37-26-24-34(28-40(37)46-41(36)42)44(32-19-8-3-9-20-32)38-22-12-14-29-13-10-11-21-35(29)38;1-5-13-27(14-6-1)39(28-15-7-2-8-16-28)31-21-23-33-35(25-31)41-37-34-24-22-32(26-36(34)42-38(33)37)40(29-17-9-3-10-18-29)30-19-11-4-12-20-30/h1-28H;1-26H. The van der Waals surface area contributed by atoms with Gasteiger partial charge in [-0.2, -0.15) is 0 Å². The minimum Gasteiger partial charge on any atom is -0.454 e. The van der Waals surface area contributed by atoms with Gasteiger partial charge in [-0.15, -0.1) is 34.0 Å². The van der Waals surface area contributed by atoms with Crippen molar-refractivity contribution in [3.05, 3.63) is 328 Å². The van der Waals surface area contributed by atoms with Gasteiger partial charge in [0.1, 0.15) is 5.58 Å². The van der Waals surface area contributed by atoms with Gasteiger partial charge in [0.15, 0.2) is 5.58 Å². The highest BCUT2D eigenvalue weighted by Crippen LogP contribution is 2.50. The Balaban J connectivity index is 0.000000142. The number of hydrogen-bond donors (Lipinski definition) is 0. The lowest BCUT2D eigenvalue weighted by Gasteiger charge is -2.27. The lowest BCUT2D eigenvalue weighted by Crippen LogP contribution is -2.10. The zero-order chi connectivity index (χ0) is 58.3. The molecule has 4 heterocycles. The molecule has 5 nitrogen and oxygen atoms in total. The van der Waals surface area contributed by atoms with Crippen molar-refractivity contribution in [1.29, 1.82) is 0 Å². The molecule has 17 rings (SSSR count). The van der Waals surface area contributed by atoms with E-state index in [9.17, 15) is 0 Å². The third-order valence-corrected chi connectivity index (χ3v) is 19.9. The van der Waals surface area contributed by atoms with Crippen LogP contribution in [0.25, 0.3) is 71.7 Å². The number of fused-ring (bicyclic) bond motifs is 11. The molecule has 0 aliphatic heterocycles. The topological polar surface area (TPSA) is 26.1 Å². The number of anilines is 12. The SMILES string of the molecule is c1ccc(N(c2ccccc2)c2ccc3c(c2)oc2c4ccc(N(c5ccccc5)c5ccccc5)cc4sc32)cc1.c1ccc(N(c2ccccc2)c2ccc3c(c2)sc2c4ccc(N(c5ccccc5)c5cccc6ccccc56)cc4sc32)cc1. The maximum Gasteiger partial charge on any atom is 0.154 e. The van der Waals surface area contributed by atoms with E-state index in [0.29, 0.717) is 0 Å². The molecule has 0 unspecified atom stereocenters. The van der Waals surface area contributed by atoms with Crippen molar-refractivity contribution >= 4 is 174 Å². The highest BCUT2D eigenvalue weighted by Gasteiger charge is 2.23. The van der Waals surface area contributed by atoms with E-state index in [-0.39, 0.29) is 0 Å². The summed E-state index contributed by atoms with van der Waals surface area (Å²) in [5, 5.41) is 7.40. The first-order valence-corrected chi connectivity index (χ1v) is 31.9. The molecule has 418 valence electrons. The van der Waals surface area contributed by atoms with Crippen molar-refractivity contribution in [2.75, 3.05) is 19.6 Å². The molecule has 88 heavy (non-hydrogen) atoms. The average Bonchev–Trinajstić information content (AvgIpc) is 1.68. The Morgan fingerprint density at radius 2 is 0.534 bits per heavy atom. The van der Waals surface area contributed by atoms with Crippen molar-refractivity contribution in [3.8, 4) is 0 Å². The van der Waals surface area contributed by atoms with E-state index in [0.717, 1.165) is 78.8 Å². The number of rotatable bonds is 12. The van der Waals surface area contributed by atoms with Gasteiger partial charge in [0.05, 0.1) is 19.8 Å². The molecule has 0 spiro atoms. The molecule has 0 bridgehead atoms. The molecular weight excluding hydrogens is 1130 g/mol. The largest absolute Gasteiger partial charge is 0.454 e. The van der Waals surface area contributed by atoms with E-state index in [1.165, 1.54) is 61.1 Å². The summed E-state index contributed by atoms with van der Waals surface area (Å²) in [6.45, 7) is 0. The van der Waals surface area contributed by atoms with Gasteiger partial charge >= 0.3 is 0 Å². The third-order valence-electron chi connectivity index (χ3n) is 16.2. The highest BCUT2D eigenvalue weighted by molar-refractivity contribution is 7.36. The van der Waals surface area contributed by atoms with Crippen LogP contribution >= 0.6 is 34.0 Å². The molecule has 17 aromatic rings. The number of hydrogen-bond acceptors (Lipinski definition) is 8. The number of nitrogens with zero attached hydrogens (tertiary/aromatic N) is 4. The van der Waals surface area contributed by atoms with Crippen LogP contribution in [0.15, 0.2) is 332 Å². The van der Waals surface area contributed by atoms with Crippen LogP contribution in [0.5, 0.6) is 0 Å². The van der Waals surface area contributed by atoms with Crippen molar-refractivity contribution < 1.29 is 4.42 Å². The lowest BCUT2D eigenvalue weighted by atomic mass is 10.1. The monoisotopic (exact) mass is 1180 g/mol. The minimum atomic E-state index is 0.895. The lowest BCUT2D eigenvalue weighted by molar-refractivity contribution is 0.673. The van der Waals surface area contributed by atoms with Crippen LogP contribution in [-0.4, -0.2) is 0 Å². The summed E-state index contributed by atoms with van der Waals surface area (Å²) in [5.41, 5.74) is 15.5. The number of para-hydroxylation sites is 7. The molecule has 8 heteroatoms. The van der Waals surface area contributed by atoms with Crippen molar-refractivity contribution in [2.24, 2.45) is 0 Å². The van der Waals surface area contributed by atoms with Crippen LogP contribution in [0.4, 0.5) is 68.2 Å². The summed E-state index contributed by atoms with van der Waals surface area (Å²) in [7, 11) is 0. The smallest absolute Gasteiger partial charge is 0.154 e. The summed E-state index contributed by atoms with van der Waals surface area (Å²) in [5.74, 6) is 0. The second kappa shape index (κ2) is 22.9. The fraction of sp³-hybridized carbons (Fsp3) is 0. The van der Waals surface area contributed by atoms with Gasteiger partial charge in [-0.25, -0.2) is 0 Å². The second-order valence-electron chi connectivity index (χ2n) is 21.6. The molecular formula is C80H54N4OS3. The van der Waals surface area contributed by atoms with Crippen molar-refractivity contribution in [2.45, 2.75) is 0 Å². The minimum absolute atomic E-state index is 0.895. The molecule has 13 aromatic carbocycles.